The summed E-state index contributed by atoms with van der Waals surface area (Å²) in [5.41, 5.74) is 1.12. The molecule has 26 heavy (non-hydrogen) atoms. The lowest BCUT2D eigenvalue weighted by Gasteiger charge is -2.32. The highest BCUT2D eigenvalue weighted by atomic mass is 16.5. The quantitative estimate of drug-likeness (QED) is 0.825. The van der Waals surface area contributed by atoms with Crippen molar-refractivity contribution in [2.45, 2.75) is 44.3 Å². The van der Waals surface area contributed by atoms with Crippen LogP contribution in [0.1, 0.15) is 31.2 Å². The lowest BCUT2D eigenvalue weighted by atomic mass is 10.0. The molecule has 4 rings (SSSR count). The first-order chi connectivity index (χ1) is 12.8. The van der Waals surface area contributed by atoms with E-state index in [1.165, 1.54) is 10.8 Å². The van der Waals surface area contributed by atoms with E-state index in [2.05, 4.69) is 24.3 Å². The average Bonchev–Trinajstić information content (AvgIpc) is 3.21. The van der Waals surface area contributed by atoms with Crippen molar-refractivity contribution in [2.75, 3.05) is 26.3 Å². The molecule has 2 saturated heterocycles. The van der Waals surface area contributed by atoms with Crippen molar-refractivity contribution < 1.29 is 14.3 Å². The molecule has 1 atom stereocenters. The topological polar surface area (TPSA) is 38.8 Å². The fourth-order valence-electron chi connectivity index (χ4n) is 4.01. The Morgan fingerprint density at radius 1 is 1.08 bits per heavy atom. The molecule has 2 fully saturated rings. The minimum Gasteiger partial charge on any atom is -0.376 e. The van der Waals surface area contributed by atoms with Crippen LogP contribution in [0.3, 0.4) is 0 Å². The second-order valence-electron chi connectivity index (χ2n) is 7.36. The third-order valence-electron chi connectivity index (χ3n) is 5.56. The fourth-order valence-corrected chi connectivity index (χ4v) is 4.01. The van der Waals surface area contributed by atoms with Gasteiger partial charge in [-0.15, -0.1) is 0 Å². The summed E-state index contributed by atoms with van der Waals surface area (Å²) in [5.74, 6) is 0.221. The van der Waals surface area contributed by atoms with Gasteiger partial charge in [-0.25, -0.2) is 0 Å². The molecule has 0 spiro atoms. The molecular formula is C22H27NO3. The van der Waals surface area contributed by atoms with Crippen LogP contribution in [0.5, 0.6) is 0 Å². The van der Waals surface area contributed by atoms with Gasteiger partial charge < -0.3 is 14.4 Å². The Balaban J connectivity index is 1.29. The number of carbonyl (C=O) groups excluding carboxylic acids is 1. The highest BCUT2D eigenvalue weighted by molar-refractivity contribution is 5.90. The molecule has 138 valence electrons. The first-order valence-corrected chi connectivity index (χ1v) is 9.77. The third kappa shape index (κ3) is 4.08. The van der Waals surface area contributed by atoms with Crippen molar-refractivity contribution in [1.29, 1.82) is 0 Å². The SMILES string of the molecule is O=C(Cc1cccc2ccccc12)N1CCC(OC[C@H]2CCCO2)CC1. The summed E-state index contributed by atoms with van der Waals surface area (Å²) in [6.07, 6.45) is 5.13. The van der Waals surface area contributed by atoms with Crippen LogP contribution in [0, 0.1) is 0 Å². The van der Waals surface area contributed by atoms with Crippen LogP contribution in [-0.2, 0) is 20.7 Å². The Morgan fingerprint density at radius 3 is 2.69 bits per heavy atom. The highest BCUT2D eigenvalue weighted by Crippen LogP contribution is 2.21. The Labute approximate surface area is 155 Å². The summed E-state index contributed by atoms with van der Waals surface area (Å²) in [7, 11) is 0. The predicted octanol–water partition coefficient (Wildman–Crippen LogP) is 3.57. The van der Waals surface area contributed by atoms with Gasteiger partial charge in [0.1, 0.15) is 0 Å². The Morgan fingerprint density at radius 2 is 1.88 bits per heavy atom. The van der Waals surface area contributed by atoms with Gasteiger partial charge in [0, 0.05) is 19.7 Å². The molecule has 0 bridgehead atoms. The number of likely N-dealkylation sites (tertiary alicyclic amines) is 1. The van der Waals surface area contributed by atoms with Gasteiger partial charge in [-0.1, -0.05) is 42.5 Å². The molecule has 2 heterocycles. The first-order valence-electron chi connectivity index (χ1n) is 9.77. The number of piperidine rings is 1. The van der Waals surface area contributed by atoms with E-state index in [4.69, 9.17) is 9.47 Å². The number of benzene rings is 2. The zero-order valence-corrected chi connectivity index (χ0v) is 15.2. The zero-order chi connectivity index (χ0) is 17.8. The van der Waals surface area contributed by atoms with Crippen molar-refractivity contribution in [3.63, 3.8) is 0 Å². The van der Waals surface area contributed by atoms with Crippen LogP contribution in [0.15, 0.2) is 42.5 Å². The normalized spacial score (nSPS) is 21.4. The van der Waals surface area contributed by atoms with Gasteiger partial charge in [0.25, 0.3) is 0 Å². The molecule has 2 aliphatic heterocycles. The second-order valence-corrected chi connectivity index (χ2v) is 7.36. The summed E-state index contributed by atoms with van der Waals surface area (Å²) < 4.78 is 11.6. The lowest BCUT2D eigenvalue weighted by Crippen LogP contribution is -2.42. The van der Waals surface area contributed by atoms with E-state index in [1.807, 2.05) is 23.1 Å². The minimum atomic E-state index is 0.221. The van der Waals surface area contributed by atoms with Crippen molar-refractivity contribution in [2.24, 2.45) is 0 Å². The van der Waals surface area contributed by atoms with E-state index in [0.29, 0.717) is 13.0 Å². The number of hydrogen-bond acceptors (Lipinski definition) is 3. The van der Waals surface area contributed by atoms with Crippen LogP contribution in [0.4, 0.5) is 0 Å². The molecule has 2 aromatic rings. The smallest absolute Gasteiger partial charge is 0.227 e. The van der Waals surface area contributed by atoms with Crippen molar-refractivity contribution in [3.8, 4) is 0 Å². The molecule has 0 radical (unpaired) electrons. The summed E-state index contributed by atoms with van der Waals surface area (Å²) in [6.45, 7) is 3.16. The maximum Gasteiger partial charge on any atom is 0.227 e. The third-order valence-corrected chi connectivity index (χ3v) is 5.56. The van der Waals surface area contributed by atoms with E-state index in [9.17, 15) is 4.79 Å². The van der Waals surface area contributed by atoms with E-state index in [0.717, 1.165) is 50.9 Å². The molecule has 4 heteroatoms. The monoisotopic (exact) mass is 353 g/mol. The lowest BCUT2D eigenvalue weighted by molar-refractivity contribution is -0.133. The number of hydrogen-bond donors (Lipinski definition) is 0. The van der Waals surface area contributed by atoms with Crippen LogP contribution in [0.2, 0.25) is 0 Å². The Hall–Kier alpha value is -1.91. The first kappa shape index (κ1) is 17.5. The van der Waals surface area contributed by atoms with Gasteiger partial charge in [-0.2, -0.15) is 0 Å². The maximum atomic E-state index is 12.7. The summed E-state index contributed by atoms with van der Waals surface area (Å²) >= 11 is 0. The van der Waals surface area contributed by atoms with Crippen LogP contribution in [-0.4, -0.2) is 49.3 Å². The van der Waals surface area contributed by atoms with Gasteiger partial charge in [0.15, 0.2) is 0 Å². The van der Waals surface area contributed by atoms with Gasteiger partial charge in [0.05, 0.1) is 25.2 Å². The second kappa shape index (κ2) is 8.19. The fraction of sp³-hybridized carbons (Fsp3) is 0.500. The molecule has 0 N–H and O–H groups in total. The molecule has 1 amide bonds. The highest BCUT2D eigenvalue weighted by Gasteiger charge is 2.25. The number of fused-ring (bicyclic) bond motifs is 1. The predicted molar refractivity (Wildman–Crippen MR) is 102 cm³/mol. The number of carbonyl (C=O) groups is 1. The summed E-state index contributed by atoms with van der Waals surface area (Å²) in [6, 6.07) is 14.5. The molecule has 0 aromatic heterocycles. The van der Waals surface area contributed by atoms with E-state index < -0.39 is 0 Å². The number of amides is 1. The largest absolute Gasteiger partial charge is 0.376 e. The van der Waals surface area contributed by atoms with Crippen LogP contribution >= 0.6 is 0 Å². The molecule has 2 aliphatic rings. The van der Waals surface area contributed by atoms with Crippen LogP contribution < -0.4 is 0 Å². The van der Waals surface area contributed by atoms with E-state index in [-0.39, 0.29) is 18.1 Å². The van der Waals surface area contributed by atoms with Crippen molar-refractivity contribution >= 4 is 16.7 Å². The van der Waals surface area contributed by atoms with Gasteiger partial charge >= 0.3 is 0 Å². The molecular weight excluding hydrogens is 326 g/mol. The average molecular weight is 353 g/mol. The Kier molecular flexibility index (Phi) is 5.51. The zero-order valence-electron chi connectivity index (χ0n) is 15.2. The number of nitrogens with zero attached hydrogens (tertiary/aromatic N) is 1. The molecule has 0 aliphatic carbocycles. The molecule has 2 aromatic carbocycles. The van der Waals surface area contributed by atoms with Gasteiger partial charge in [-0.3, -0.25) is 4.79 Å². The minimum absolute atomic E-state index is 0.221. The standard InChI is InChI=1S/C22H27NO3/c24-22(15-18-7-3-6-17-5-1-2-9-21(17)18)23-12-10-19(11-13-23)26-16-20-8-4-14-25-20/h1-3,5-7,9,19-20H,4,8,10-16H2/t20-/m1/s1. The van der Waals surface area contributed by atoms with Gasteiger partial charge in [0.2, 0.25) is 5.91 Å². The van der Waals surface area contributed by atoms with Crippen molar-refractivity contribution in [1.82, 2.24) is 4.90 Å². The number of rotatable bonds is 5. The van der Waals surface area contributed by atoms with E-state index in [1.54, 1.807) is 0 Å². The number of ether oxygens (including phenoxy) is 2. The van der Waals surface area contributed by atoms with Crippen molar-refractivity contribution in [3.05, 3.63) is 48.0 Å². The van der Waals surface area contributed by atoms with E-state index >= 15 is 0 Å². The van der Waals surface area contributed by atoms with Gasteiger partial charge in [-0.05, 0) is 42.0 Å². The summed E-state index contributed by atoms with van der Waals surface area (Å²) in [4.78, 5) is 14.7. The Bertz CT molecular complexity index is 741. The maximum absolute atomic E-state index is 12.7. The molecule has 0 saturated carbocycles. The summed E-state index contributed by atoms with van der Waals surface area (Å²) in [5, 5.41) is 2.37. The molecule has 0 unspecified atom stereocenters. The molecule has 4 nitrogen and oxygen atoms in total. The van der Waals surface area contributed by atoms with Crippen LogP contribution in [0.25, 0.3) is 10.8 Å².